The number of nitrogens with zero attached hydrogens (tertiary/aromatic N) is 2. The van der Waals surface area contributed by atoms with E-state index in [9.17, 15) is 14.0 Å². The number of carbonyl (C=O) groups excluding carboxylic acids is 1. The van der Waals surface area contributed by atoms with Crippen LogP contribution < -0.4 is 10.9 Å². The summed E-state index contributed by atoms with van der Waals surface area (Å²) in [4.78, 5) is 28.4. The molecule has 3 rings (SSSR count). The van der Waals surface area contributed by atoms with E-state index in [4.69, 9.17) is 0 Å². The summed E-state index contributed by atoms with van der Waals surface area (Å²) in [6.07, 6.45) is 1.25. The summed E-state index contributed by atoms with van der Waals surface area (Å²) < 4.78 is 15.0. The Bertz CT molecular complexity index is 982. The van der Waals surface area contributed by atoms with Crippen LogP contribution in [0.3, 0.4) is 0 Å². The van der Waals surface area contributed by atoms with Crippen molar-refractivity contribution in [3.8, 4) is 11.3 Å². The summed E-state index contributed by atoms with van der Waals surface area (Å²) in [5, 5.41) is 2.75. The second-order valence-electron chi connectivity index (χ2n) is 5.58. The highest BCUT2D eigenvalue weighted by molar-refractivity contribution is 5.91. The minimum Gasteiger partial charge on any atom is -0.324 e. The molecule has 0 saturated carbocycles. The third-order valence-corrected chi connectivity index (χ3v) is 3.76. The third kappa shape index (κ3) is 3.80. The molecular weight excluding hydrogens is 321 g/mol. The number of benzene rings is 2. The molecule has 126 valence electrons. The second-order valence-corrected chi connectivity index (χ2v) is 5.58. The van der Waals surface area contributed by atoms with Crippen molar-refractivity contribution < 1.29 is 9.18 Å². The molecule has 6 heteroatoms. The Morgan fingerprint density at radius 2 is 1.88 bits per heavy atom. The lowest BCUT2D eigenvalue weighted by molar-refractivity contribution is -0.116. The molecule has 1 heterocycles. The molecule has 0 radical (unpaired) electrons. The van der Waals surface area contributed by atoms with Gasteiger partial charge in [-0.25, -0.2) is 9.37 Å². The largest absolute Gasteiger partial charge is 0.324 e. The number of halogens is 1. The number of carbonyl (C=O) groups is 1. The summed E-state index contributed by atoms with van der Waals surface area (Å²) in [5.41, 5.74) is 1.68. The van der Waals surface area contributed by atoms with Crippen molar-refractivity contribution in [3.63, 3.8) is 0 Å². The van der Waals surface area contributed by atoms with E-state index in [0.717, 1.165) is 5.56 Å². The average Bonchev–Trinajstić information content (AvgIpc) is 2.59. The minimum atomic E-state index is -0.454. The molecule has 5 nitrogen and oxygen atoms in total. The van der Waals surface area contributed by atoms with Gasteiger partial charge in [-0.05, 0) is 30.7 Å². The maximum atomic E-state index is 13.8. The van der Waals surface area contributed by atoms with Gasteiger partial charge < -0.3 is 5.32 Å². The molecule has 0 atom stereocenters. The molecule has 1 amide bonds. The average molecular weight is 337 g/mol. The SMILES string of the molecule is Cc1ccccc1NC(=O)Cn1cnc(-c2ccccc2F)cc1=O. The van der Waals surface area contributed by atoms with Crippen LogP contribution in [0.1, 0.15) is 5.56 Å². The van der Waals surface area contributed by atoms with Crippen LogP contribution in [0.4, 0.5) is 10.1 Å². The number of rotatable bonds is 4. The number of nitrogens with one attached hydrogen (secondary N) is 1. The van der Waals surface area contributed by atoms with Gasteiger partial charge in [0.15, 0.2) is 0 Å². The Balaban J connectivity index is 1.78. The Labute approximate surface area is 143 Å². The summed E-state index contributed by atoms with van der Waals surface area (Å²) >= 11 is 0. The number of amides is 1. The van der Waals surface area contributed by atoms with Gasteiger partial charge in [-0.2, -0.15) is 0 Å². The lowest BCUT2D eigenvalue weighted by atomic mass is 10.1. The quantitative estimate of drug-likeness (QED) is 0.796. The summed E-state index contributed by atoms with van der Waals surface area (Å²) in [6, 6.07) is 14.7. The van der Waals surface area contributed by atoms with Crippen LogP contribution in [0.2, 0.25) is 0 Å². The molecule has 25 heavy (non-hydrogen) atoms. The van der Waals surface area contributed by atoms with Crippen molar-refractivity contribution in [2.45, 2.75) is 13.5 Å². The van der Waals surface area contributed by atoms with Crippen molar-refractivity contribution in [2.75, 3.05) is 5.32 Å². The Kier molecular flexibility index (Phi) is 4.70. The summed E-state index contributed by atoms with van der Waals surface area (Å²) in [5.74, 6) is -0.790. The van der Waals surface area contributed by atoms with Gasteiger partial charge >= 0.3 is 0 Å². The Morgan fingerprint density at radius 3 is 2.60 bits per heavy atom. The number of aromatic nitrogens is 2. The molecule has 2 aromatic carbocycles. The normalized spacial score (nSPS) is 10.5. The number of aryl methyl sites for hydroxylation is 1. The van der Waals surface area contributed by atoms with Crippen LogP contribution in [0.5, 0.6) is 0 Å². The van der Waals surface area contributed by atoms with E-state index in [2.05, 4.69) is 10.3 Å². The van der Waals surface area contributed by atoms with Crippen LogP contribution in [-0.2, 0) is 11.3 Å². The Morgan fingerprint density at radius 1 is 1.16 bits per heavy atom. The first-order chi connectivity index (χ1) is 12.0. The van der Waals surface area contributed by atoms with Crippen LogP contribution in [0.15, 0.2) is 65.7 Å². The fourth-order valence-electron chi connectivity index (χ4n) is 2.42. The molecule has 0 saturated heterocycles. The molecular formula is C19H16FN3O2. The minimum absolute atomic E-state index is 0.169. The number of hydrogen-bond donors (Lipinski definition) is 1. The summed E-state index contributed by atoms with van der Waals surface area (Å²) in [7, 11) is 0. The lowest BCUT2D eigenvalue weighted by Crippen LogP contribution is -2.27. The molecule has 0 spiro atoms. The molecule has 0 fully saturated rings. The topological polar surface area (TPSA) is 64.0 Å². The van der Waals surface area contributed by atoms with Gasteiger partial charge in [0.1, 0.15) is 12.4 Å². The zero-order valence-electron chi connectivity index (χ0n) is 13.6. The van der Waals surface area contributed by atoms with E-state index in [1.807, 2.05) is 25.1 Å². The first-order valence-electron chi connectivity index (χ1n) is 7.71. The molecule has 3 aromatic rings. The van der Waals surface area contributed by atoms with E-state index < -0.39 is 11.4 Å². The van der Waals surface area contributed by atoms with Gasteiger partial charge in [0, 0.05) is 17.3 Å². The lowest BCUT2D eigenvalue weighted by Gasteiger charge is -2.10. The maximum Gasteiger partial charge on any atom is 0.254 e. The number of hydrogen-bond acceptors (Lipinski definition) is 3. The maximum absolute atomic E-state index is 13.8. The van der Waals surface area contributed by atoms with Gasteiger partial charge in [-0.3, -0.25) is 14.2 Å². The molecule has 1 aromatic heterocycles. The van der Waals surface area contributed by atoms with Gasteiger partial charge in [0.05, 0.1) is 12.0 Å². The number of para-hydroxylation sites is 1. The third-order valence-electron chi connectivity index (χ3n) is 3.76. The van der Waals surface area contributed by atoms with Gasteiger partial charge in [-0.1, -0.05) is 30.3 Å². The van der Waals surface area contributed by atoms with Crippen LogP contribution in [0.25, 0.3) is 11.3 Å². The summed E-state index contributed by atoms with van der Waals surface area (Å²) in [6.45, 7) is 1.71. The highest BCUT2D eigenvalue weighted by Crippen LogP contribution is 2.18. The highest BCUT2D eigenvalue weighted by Gasteiger charge is 2.10. The van der Waals surface area contributed by atoms with E-state index in [1.165, 1.54) is 23.0 Å². The standard InChI is InChI=1S/C19H16FN3O2/c1-13-6-2-5-9-16(13)22-18(24)11-23-12-21-17(10-19(23)25)14-7-3-4-8-15(14)20/h2-10,12H,11H2,1H3,(H,22,24). The van der Waals surface area contributed by atoms with Crippen LogP contribution >= 0.6 is 0 Å². The van der Waals surface area contributed by atoms with E-state index in [1.54, 1.807) is 24.3 Å². The van der Waals surface area contributed by atoms with E-state index in [0.29, 0.717) is 5.69 Å². The van der Waals surface area contributed by atoms with Gasteiger partial charge in [-0.15, -0.1) is 0 Å². The molecule has 0 aliphatic rings. The monoisotopic (exact) mass is 337 g/mol. The molecule has 0 bridgehead atoms. The first-order valence-corrected chi connectivity index (χ1v) is 7.71. The fourth-order valence-corrected chi connectivity index (χ4v) is 2.42. The molecule has 1 N–H and O–H groups in total. The smallest absolute Gasteiger partial charge is 0.254 e. The van der Waals surface area contributed by atoms with Crippen molar-refractivity contribution >= 4 is 11.6 Å². The van der Waals surface area contributed by atoms with Crippen molar-refractivity contribution in [2.24, 2.45) is 0 Å². The van der Waals surface area contributed by atoms with Crippen molar-refractivity contribution in [1.82, 2.24) is 9.55 Å². The van der Waals surface area contributed by atoms with E-state index >= 15 is 0 Å². The van der Waals surface area contributed by atoms with Crippen molar-refractivity contribution in [3.05, 3.63) is 82.7 Å². The van der Waals surface area contributed by atoms with Gasteiger partial charge in [0.25, 0.3) is 5.56 Å². The number of anilines is 1. The fraction of sp³-hybridized carbons (Fsp3) is 0.105. The Hall–Kier alpha value is -3.28. The van der Waals surface area contributed by atoms with Crippen molar-refractivity contribution in [1.29, 1.82) is 0 Å². The second kappa shape index (κ2) is 7.09. The molecule has 0 unspecified atom stereocenters. The predicted molar refractivity (Wildman–Crippen MR) is 93.7 cm³/mol. The van der Waals surface area contributed by atoms with E-state index in [-0.39, 0.29) is 23.7 Å². The first kappa shape index (κ1) is 16.6. The van der Waals surface area contributed by atoms with Crippen LogP contribution in [-0.4, -0.2) is 15.5 Å². The van der Waals surface area contributed by atoms with Gasteiger partial charge in [0.2, 0.25) is 5.91 Å². The molecule has 0 aliphatic carbocycles. The highest BCUT2D eigenvalue weighted by atomic mass is 19.1. The zero-order chi connectivity index (χ0) is 17.8. The zero-order valence-corrected chi connectivity index (χ0v) is 13.6. The predicted octanol–water partition coefficient (Wildman–Crippen LogP) is 3.00. The molecule has 0 aliphatic heterocycles. The van der Waals surface area contributed by atoms with Crippen LogP contribution in [0, 0.1) is 12.7 Å².